The third kappa shape index (κ3) is 6.85. The summed E-state index contributed by atoms with van der Waals surface area (Å²) in [5, 5.41) is 2.86. The van der Waals surface area contributed by atoms with Crippen LogP contribution in [0.5, 0.6) is 0 Å². The normalized spacial score (nSPS) is 15.3. The molecule has 0 saturated heterocycles. The van der Waals surface area contributed by atoms with E-state index in [1.165, 1.54) is 30.9 Å². The number of anilines is 2. The number of nitrogens with one attached hydrogen (secondary N) is 1. The Morgan fingerprint density at radius 3 is 1.42 bits per heavy atom. The molecule has 0 unspecified atom stereocenters. The molecule has 8 aromatic rings. The molecule has 1 amide bonds. The summed E-state index contributed by atoms with van der Waals surface area (Å²) < 4.78 is 4.12. The number of carbonyl (C=O) groups excluding carboxylic acids is 1. The Balaban J connectivity index is 0.000000149. The Labute approximate surface area is 332 Å². The zero-order valence-electron chi connectivity index (χ0n) is 32.0. The van der Waals surface area contributed by atoms with Gasteiger partial charge in [0.2, 0.25) is 5.91 Å². The average Bonchev–Trinajstić information content (AvgIpc) is 3.78. The molecule has 9 nitrogen and oxygen atoms in total. The smallest absolute Gasteiger partial charge is 0.221 e. The van der Waals surface area contributed by atoms with Crippen molar-refractivity contribution in [1.82, 2.24) is 18.8 Å². The van der Waals surface area contributed by atoms with E-state index in [0.717, 1.165) is 87.7 Å². The number of nitrogens with two attached hydrogens (primary N) is 3. The summed E-state index contributed by atoms with van der Waals surface area (Å²) in [7, 11) is 0. The van der Waals surface area contributed by atoms with Crippen molar-refractivity contribution < 1.29 is 4.79 Å². The molecule has 0 aliphatic heterocycles. The van der Waals surface area contributed by atoms with Gasteiger partial charge in [-0.3, -0.25) is 13.6 Å². The van der Waals surface area contributed by atoms with Crippen molar-refractivity contribution in [2.75, 3.05) is 11.1 Å². The monoisotopic (exact) mass is 750 g/mol. The van der Waals surface area contributed by atoms with E-state index in [1.54, 1.807) is 0 Å². The molecule has 0 radical (unpaired) electrons. The third-order valence-corrected chi connectivity index (χ3v) is 11.6. The average molecular weight is 751 g/mol. The summed E-state index contributed by atoms with van der Waals surface area (Å²) >= 11 is 0. The van der Waals surface area contributed by atoms with Gasteiger partial charge in [0.1, 0.15) is 11.3 Å². The summed E-state index contributed by atoms with van der Waals surface area (Å²) in [6.07, 6.45) is 10.5. The number of amides is 1. The molecule has 2 aliphatic rings. The van der Waals surface area contributed by atoms with Crippen molar-refractivity contribution in [2.45, 2.75) is 56.5 Å². The first-order chi connectivity index (χ1) is 27.7. The van der Waals surface area contributed by atoms with Crippen LogP contribution in [-0.2, 0) is 15.9 Å². The third-order valence-electron chi connectivity index (χ3n) is 11.6. The molecule has 0 atom stereocenters. The van der Waals surface area contributed by atoms with Crippen molar-refractivity contribution in [1.29, 1.82) is 0 Å². The first-order valence-corrected chi connectivity index (χ1v) is 19.7. The summed E-state index contributed by atoms with van der Waals surface area (Å²) in [4.78, 5) is 21.4. The molecule has 9 heteroatoms. The van der Waals surface area contributed by atoms with E-state index in [2.05, 4.69) is 82.5 Å². The zero-order valence-corrected chi connectivity index (χ0v) is 32.0. The maximum atomic E-state index is 11.5. The van der Waals surface area contributed by atoms with Gasteiger partial charge < -0.3 is 22.5 Å². The van der Waals surface area contributed by atoms with E-state index in [4.69, 9.17) is 27.2 Å². The highest BCUT2D eigenvalue weighted by Crippen LogP contribution is 2.42. The van der Waals surface area contributed by atoms with Gasteiger partial charge in [-0.15, -0.1) is 0 Å². The van der Waals surface area contributed by atoms with Gasteiger partial charge in [-0.1, -0.05) is 109 Å². The van der Waals surface area contributed by atoms with Crippen LogP contribution in [0.25, 0.3) is 56.3 Å². The zero-order chi connectivity index (χ0) is 39.1. The van der Waals surface area contributed by atoms with Gasteiger partial charge in [-0.25, -0.2) is 9.97 Å². The van der Waals surface area contributed by atoms with Crippen molar-refractivity contribution in [3.8, 4) is 45.0 Å². The topological polar surface area (TPSA) is 142 Å². The molecule has 2 aliphatic carbocycles. The molecule has 4 aromatic carbocycles. The predicted octanol–water partition coefficient (Wildman–Crippen LogP) is 9.55. The van der Waals surface area contributed by atoms with Crippen LogP contribution >= 0.6 is 0 Å². The molecule has 2 saturated carbocycles. The van der Waals surface area contributed by atoms with Gasteiger partial charge in [-0.2, -0.15) is 0 Å². The molecule has 10 rings (SSSR count). The van der Waals surface area contributed by atoms with Crippen molar-refractivity contribution in [3.05, 3.63) is 157 Å². The quantitative estimate of drug-likeness (QED) is 0.128. The van der Waals surface area contributed by atoms with Crippen LogP contribution in [0, 0.1) is 0 Å². The van der Waals surface area contributed by atoms with Gasteiger partial charge >= 0.3 is 0 Å². The number of hydrogen-bond acceptors (Lipinski definition) is 6. The van der Waals surface area contributed by atoms with E-state index in [0.29, 0.717) is 5.69 Å². The number of rotatable bonds is 7. The second-order valence-electron chi connectivity index (χ2n) is 15.5. The molecule has 0 bridgehead atoms. The molecule has 0 spiro atoms. The lowest BCUT2D eigenvalue weighted by Gasteiger charge is -2.38. The van der Waals surface area contributed by atoms with Crippen molar-refractivity contribution in [2.24, 2.45) is 11.5 Å². The number of imidazole rings is 2. The Kier molecular flexibility index (Phi) is 9.19. The molecule has 284 valence electrons. The fourth-order valence-electron chi connectivity index (χ4n) is 8.14. The fraction of sp³-hybridized carbons (Fsp3) is 0.188. The Bertz CT molecular complexity index is 2710. The van der Waals surface area contributed by atoms with Crippen LogP contribution < -0.4 is 22.5 Å². The minimum atomic E-state index is -0.174. The molecule has 4 aromatic heterocycles. The molecular weight excluding hydrogens is 705 g/mol. The minimum absolute atomic E-state index is 0.0988. The lowest BCUT2D eigenvalue weighted by Crippen LogP contribution is -2.43. The van der Waals surface area contributed by atoms with E-state index in [9.17, 15) is 4.79 Å². The van der Waals surface area contributed by atoms with E-state index < -0.39 is 0 Å². The fourth-order valence-corrected chi connectivity index (χ4v) is 8.14. The molecule has 4 heterocycles. The highest BCUT2D eigenvalue weighted by molar-refractivity contribution is 5.89. The van der Waals surface area contributed by atoms with Gasteiger partial charge in [0.05, 0.1) is 28.5 Å². The molecule has 57 heavy (non-hydrogen) atoms. The van der Waals surface area contributed by atoms with Crippen LogP contribution in [0.3, 0.4) is 0 Å². The molecular formula is C48H46N8O. The van der Waals surface area contributed by atoms with Crippen LogP contribution in [0.2, 0.25) is 0 Å². The first-order valence-electron chi connectivity index (χ1n) is 19.7. The minimum Gasteiger partial charge on any atom is -0.398 e. The predicted molar refractivity (Wildman–Crippen MR) is 230 cm³/mol. The maximum Gasteiger partial charge on any atom is 0.221 e. The number of hydrogen-bond donors (Lipinski definition) is 4. The van der Waals surface area contributed by atoms with Crippen LogP contribution in [-0.4, -0.2) is 24.7 Å². The van der Waals surface area contributed by atoms with Crippen molar-refractivity contribution >= 4 is 28.6 Å². The first kappa shape index (κ1) is 36.1. The number of pyridine rings is 2. The largest absolute Gasteiger partial charge is 0.398 e. The summed E-state index contributed by atoms with van der Waals surface area (Å²) in [6, 6.07) is 45.3. The summed E-state index contributed by atoms with van der Waals surface area (Å²) in [6.45, 7) is 1.51. The number of benzene rings is 4. The van der Waals surface area contributed by atoms with Crippen LogP contribution in [0.4, 0.5) is 11.4 Å². The SMILES string of the molecule is CC(=O)Nc1ccc2nc(-c3ccc(C4(N)CCC4)cc3)c(-c3ccccc3)n2c1.Nc1ccc2nc(-c3ccc(C4(N)CCC4)cc3)c(-c3ccccc3)n2c1. The number of fused-ring (bicyclic) bond motifs is 2. The number of carbonyl (C=O) groups is 1. The van der Waals surface area contributed by atoms with Crippen LogP contribution in [0.15, 0.2) is 146 Å². The second kappa shape index (κ2) is 14.5. The van der Waals surface area contributed by atoms with Gasteiger partial charge in [-0.05, 0) is 73.9 Å². The van der Waals surface area contributed by atoms with Crippen molar-refractivity contribution in [3.63, 3.8) is 0 Å². The van der Waals surface area contributed by atoms with Crippen LogP contribution in [0.1, 0.15) is 56.6 Å². The highest BCUT2D eigenvalue weighted by atomic mass is 16.1. The lowest BCUT2D eigenvalue weighted by molar-refractivity contribution is -0.114. The van der Waals surface area contributed by atoms with E-state index in [1.807, 2.05) is 77.5 Å². The summed E-state index contributed by atoms with van der Waals surface area (Å²) in [5.41, 5.74) is 32.5. The van der Waals surface area contributed by atoms with Gasteiger partial charge in [0.15, 0.2) is 0 Å². The number of aromatic nitrogens is 4. The standard InChI is InChI=1S/C25H24N4O.C23H22N4/c1-17(30)27-21-12-13-22-28-23(24(29(22)16-21)19-6-3-2-4-7-19)18-8-10-20(11-9-18)25(26)14-5-15-25;24-19-11-12-20-26-21(22(27(20)15-19)17-5-2-1-3-6-17)16-7-9-18(10-8-16)23(25)13-4-14-23/h2-4,6-13,16H,5,14-15,26H2,1H3,(H,27,30);1-3,5-12,15H,4,13-14,24-25H2. The highest BCUT2D eigenvalue weighted by Gasteiger charge is 2.35. The van der Waals surface area contributed by atoms with Gasteiger partial charge in [0, 0.05) is 58.3 Å². The Morgan fingerprint density at radius 2 is 1.00 bits per heavy atom. The molecule has 2 fully saturated rings. The Morgan fingerprint density at radius 1 is 0.561 bits per heavy atom. The summed E-state index contributed by atoms with van der Waals surface area (Å²) in [5.74, 6) is -0.0988. The van der Waals surface area contributed by atoms with Gasteiger partial charge in [0.25, 0.3) is 0 Å². The van der Waals surface area contributed by atoms with E-state index in [-0.39, 0.29) is 17.0 Å². The number of nitrogens with zero attached hydrogens (tertiary/aromatic N) is 4. The second-order valence-corrected chi connectivity index (χ2v) is 15.5. The lowest BCUT2D eigenvalue weighted by atomic mass is 9.72. The molecule has 7 N–H and O–H groups in total. The van der Waals surface area contributed by atoms with E-state index >= 15 is 0 Å². The number of nitrogen functional groups attached to an aromatic ring is 1. The maximum absolute atomic E-state index is 11.5. The Hall–Kier alpha value is -6.55.